The number of benzene rings is 2. The SMILES string of the molecule is C=C(C)C(=O)N(C(=O)c1ccccc1)/C(=C(C#N)/C(C)=C/N)N(CC)C(C)c1ccccc1. The minimum Gasteiger partial charge on any atom is -0.404 e. The minimum absolute atomic E-state index is 0.140. The van der Waals surface area contributed by atoms with Gasteiger partial charge in [-0.15, -0.1) is 0 Å². The Morgan fingerprint density at radius 3 is 2.09 bits per heavy atom. The number of amides is 2. The predicted octanol–water partition coefficient (Wildman–Crippen LogP) is 4.91. The summed E-state index contributed by atoms with van der Waals surface area (Å²) in [6, 6.07) is 20.1. The van der Waals surface area contributed by atoms with E-state index in [4.69, 9.17) is 5.73 Å². The third-order valence-electron chi connectivity index (χ3n) is 5.35. The summed E-state index contributed by atoms with van der Waals surface area (Å²) in [5.41, 5.74) is 7.82. The second kappa shape index (κ2) is 11.5. The van der Waals surface area contributed by atoms with Crippen LogP contribution in [0.25, 0.3) is 0 Å². The first kappa shape index (κ1) is 25.2. The third-order valence-corrected chi connectivity index (χ3v) is 5.35. The summed E-state index contributed by atoms with van der Waals surface area (Å²) in [6.45, 7) is 11.3. The van der Waals surface area contributed by atoms with E-state index >= 15 is 0 Å². The Kier molecular flexibility index (Phi) is 8.76. The first-order chi connectivity index (χ1) is 15.8. The summed E-state index contributed by atoms with van der Waals surface area (Å²) in [5, 5.41) is 10.1. The Bertz CT molecular complexity index is 1110. The first-order valence-corrected chi connectivity index (χ1v) is 10.7. The third kappa shape index (κ3) is 5.58. The zero-order chi connectivity index (χ0) is 24.5. The number of nitrogens with two attached hydrogens (primary N) is 1. The van der Waals surface area contributed by atoms with E-state index in [1.165, 1.54) is 6.20 Å². The number of nitriles is 1. The standard InChI is InChI=1S/C27H30N4O2/c1-6-30(21(5)22-13-9-7-10-14-22)25(24(18-29)20(4)17-28)31(26(32)19(2)3)27(33)23-15-11-8-12-16-23/h7-17,21H,2,6,28H2,1,3-5H3/b20-17+,25-24+. The van der Waals surface area contributed by atoms with E-state index in [9.17, 15) is 14.9 Å². The van der Waals surface area contributed by atoms with Crippen LogP contribution < -0.4 is 5.73 Å². The molecule has 0 radical (unpaired) electrons. The van der Waals surface area contributed by atoms with Crippen molar-refractivity contribution in [2.24, 2.45) is 5.73 Å². The van der Waals surface area contributed by atoms with Crippen LogP contribution in [-0.2, 0) is 4.79 Å². The Morgan fingerprint density at radius 1 is 1.09 bits per heavy atom. The second-order valence-electron chi connectivity index (χ2n) is 7.62. The van der Waals surface area contributed by atoms with Crippen LogP contribution in [-0.4, -0.2) is 28.2 Å². The predicted molar refractivity (Wildman–Crippen MR) is 130 cm³/mol. The topological polar surface area (TPSA) is 90.4 Å². The van der Waals surface area contributed by atoms with Crippen molar-refractivity contribution in [3.63, 3.8) is 0 Å². The maximum atomic E-state index is 13.7. The van der Waals surface area contributed by atoms with Crippen LogP contribution in [0.3, 0.4) is 0 Å². The normalized spacial score (nSPS) is 12.8. The quantitative estimate of drug-likeness (QED) is 0.356. The Hall–Kier alpha value is -4.11. The summed E-state index contributed by atoms with van der Waals surface area (Å²) >= 11 is 0. The number of carbonyl (C=O) groups is 2. The van der Waals surface area contributed by atoms with Crippen LogP contribution in [0.5, 0.6) is 0 Å². The molecule has 0 saturated heterocycles. The molecule has 2 amide bonds. The van der Waals surface area contributed by atoms with E-state index in [-0.39, 0.29) is 23.0 Å². The molecule has 0 aromatic heterocycles. The van der Waals surface area contributed by atoms with Crippen molar-refractivity contribution in [1.29, 1.82) is 5.26 Å². The number of rotatable bonds is 8. The van der Waals surface area contributed by atoms with Crippen molar-refractivity contribution in [2.75, 3.05) is 6.54 Å². The lowest BCUT2D eigenvalue weighted by Crippen LogP contribution is -2.45. The van der Waals surface area contributed by atoms with E-state index in [2.05, 4.69) is 12.6 Å². The van der Waals surface area contributed by atoms with E-state index in [1.54, 1.807) is 44.2 Å². The van der Waals surface area contributed by atoms with Gasteiger partial charge in [0.25, 0.3) is 11.8 Å². The van der Waals surface area contributed by atoms with Crippen molar-refractivity contribution >= 4 is 11.8 Å². The van der Waals surface area contributed by atoms with Gasteiger partial charge in [-0.25, -0.2) is 4.90 Å². The van der Waals surface area contributed by atoms with Gasteiger partial charge in [0, 0.05) is 17.7 Å². The molecule has 2 aromatic carbocycles. The van der Waals surface area contributed by atoms with E-state index in [0.717, 1.165) is 10.5 Å². The molecule has 170 valence electrons. The zero-order valence-electron chi connectivity index (χ0n) is 19.6. The van der Waals surface area contributed by atoms with Crippen molar-refractivity contribution in [1.82, 2.24) is 9.80 Å². The molecule has 0 aliphatic rings. The average Bonchev–Trinajstić information content (AvgIpc) is 2.85. The zero-order valence-corrected chi connectivity index (χ0v) is 19.6. The van der Waals surface area contributed by atoms with Gasteiger partial charge in [0.05, 0.1) is 11.6 Å². The van der Waals surface area contributed by atoms with Crippen LogP contribution in [0, 0.1) is 11.3 Å². The molecule has 2 rings (SSSR count). The summed E-state index contributed by atoms with van der Waals surface area (Å²) < 4.78 is 0. The highest BCUT2D eigenvalue weighted by atomic mass is 16.2. The maximum Gasteiger partial charge on any atom is 0.266 e. The molecule has 0 aliphatic carbocycles. The highest BCUT2D eigenvalue weighted by Crippen LogP contribution is 2.31. The lowest BCUT2D eigenvalue weighted by molar-refractivity contribution is -0.124. The van der Waals surface area contributed by atoms with Crippen molar-refractivity contribution in [3.05, 3.63) is 107 Å². The lowest BCUT2D eigenvalue weighted by atomic mass is 10.0. The average molecular weight is 443 g/mol. The maximum absolute atomic E-state index is 13.7. The van der Waals surface area contributed by atoms with Gasteiger partial charge in [0.2, 0.25) is 0 Å². The van der Waals surface area contributed by atoms with Crippen LogP contribution in [0.15, 0.2) is 96.0 Å². The fourth-order valence-corrected chi connectivity index (χ4v) is 3.49. The van der Waals surface area contributed by atoms with Gasteiger partial charge in [0.1, 0.15) is 11.9 Å². The van der Waals surface area contributed by atoms with Gasteiger partial charge in [-0.2, -0.15) is 5.26 Å². The second-order valence-corrected chi connectivity index (χ2v) is 7.62. The molecule has 33 heavy (non-hydrogen) atoms. The number of allylic oxidation sites excluding steroid dienone is 2. The van der Waals surface area contributed by atoms with Crippen LogP contribution in [0.2, 0.25) is 0 Å². The highest BCUT2D eigenvalue weighted by molar-refractivity contribution is 6.11. The fraction of sp³-hybridized carbons (Fsp3) is 0.222. The number of imide groups is 1. The van der Waals surface area contributed by atoms with Crippen molar-refractivity contribution in [3.8, 4) is 6.07 Å². The van der Waals surface area contributed by atoms with Gasteiger partial charge in [0.15, 0.2) is 0 Å². The van der Waals surface area contributed by atoms with Gasteiger partial charge < -0.3 is 10.6 Å². The van der Waals surface area contributed by atoms with Gasteiger partial charge >= 0.3 is 0 Å². The fourth-order valence-electron chi connectivity index (χ4n) is 3.49. The molecule has 0 aliphatic heterocycles. The lowest BCUT2D eigenvalue weighted by Gasteiger charge is -2.38. The smallest absolute Gasteiger partial charge is 0.266 e. The highest BCUT2D eigenvalue weighted by Gasteiger charge is 2.34. The van der Waals surface area contributed by atoms with Crippen LogP contribution in [0.4, 0.5) is 0 Å². The number of hydrogen-bond acceptors (Lipinski definition) is 5. The Morgan fingerprint density at radius 2 is 1.64 bits per heavy atom. The van der Waals surface area contributed by atoms with Gasteiger partial charge in [-0.3, -0.25) is 9.59 Å². The molecular weight excluding hydrogens is 412 g/mol. The summed E-state index contributed by atoms with van der Waals surface area (Å²) in [5.74, 6) is -0.956. The number of carbonyl (C=O) groups excluding carboxylic acids is 2. The minimum atomic E-state index is -0.588. The molecular formula is C27H30N4O2. The number of nitrogens with zero attached hydrogens (tertiary/aromatic N) is 3. The monoisotopic (exact) mass is 442 g/mol. The summed E-state index contributed by atoms with van der Waals surface area (Å²) in [7, 11) is 0. The molecule has 1 atom stereocenters. The molecule has 6 nitrogen and oxygen atoms in total. The molecule has 0 bridgehead atoms. The van der Waals surface area contributed by atoms with Crippen LogP contribution >= 0.6 is 0 Å². The molecule has 1 unspecified atom stereocenters. The molecule has 0 saturated carbocycles. The first-order valence-electron chi connectivity index (χ1n) is 10.7. The van der Waals surface area contributed by atoms with Gasteiger partial charge in [-0.05, 0) is 57.2 Å². The number of hydrogen-bond donors (Lipinski definition) is 1. The molecule has 2 N–H and O–H groups in total. The molecule has 0 fully saturated rings. The molecule has 6 heteroatoms. The van der Waals surface area contributed by atoms with E-state index in [0.29, 0.717) is 17.7 Å². The molecule has 0 heterocycles. The largest absolute Gasteiger partial charge is 0.404 e. The van der Waals surface area contributed by atoms with E-state index in [1.807, 2.05) is 49.1 Å². The summed E-state index contributed by atoms with van der Waals surface area (Å²) in [6.07, 6.45) is 1.30. The van der Waals surface area contributed by atoms with Crippen molar-refractivity contribution < 1.29 is 9.59 Å². The van der Waals surface area contributed by atoms with E-state index < -0.39 is 11.8 Å². The molecule has 2 aromatic rings. The van der Waals surface area contributed by atoms with Crippen LogP contribution in [0.1, 0.15) is 49.7 Å². The Labute approximate surface area is 195 Å². The molecule has 0 spiro atoms. The summed E-state index contributed by atoms with van der Waals surface area (Å²) in [4.78, 5) is 30.0. The van der Waals surface area contributed by atoms with Gasteiger partial charge in [-0.1, -0.05) is 55.1 Å². The van der Waals surface area contributed by atoms with Crippen molar-refractivity contribution in [2.45, 2.75) is 33.7 Å². The Balaban J connectivity index is 2.86.